The summed E-state index contributed by atoms with van der Waals surface area (Å²) in [6.45, 7) is 5.43. The minimum atomic E-state index is -0.173. The van der Waals surface area contributed by atoms with Crippen LogP contribution in [0.4, 0.5) is 0 Å². The van der Waals surface area contributed by atoms with Crippen molar-refractivity contribution in [1.82, 2.24) is 20.0 Å². The summed E-state index contributed by atoms with van der Waals surface area (Å²) >= 11 is 0. The summed E-state index contributed by atoms with van der Waals surface area (Å²) in [5.41, 5.74) is 1.00. The van der Waals surface area contributed by atoms with Crippen LogP contribution in [0, 0.1) is 11.3 Å². The highest BCUT2D eigenvalue weighted by atomic mass is 16.5. The molecule has 7 heteroatoms. The quantitative estimate of drug-likeness (QED) is 0.842. The van der Waals surface area contributed by atoms with Crippen LogP contribution in [0.1, 0.15) is 24.5 Å². The maximum absolute atomic E-state index is 8.87. The number of pyridine rings is 1. The normalized spacial score (nSPS) is 19.3. The first kappa shape index (κ1) is 13.7. The topological polar surface area (TPSA) is 88.1 Å². The molecule has 0 aliphatic carbocycles. The molecule has 2 aromatic heterocycles. The van der Waals surface area contributed by atoms with Gasteiger partial charge in [0.15, 0.2) is 0 Å². The SMILES string of the molecule is CCN1CCOC(c2noc(-c3ccnc(C#N)c3)n2)C1. The van der Waals surface area contributed by atoms with Gasteiger partial charge in [-0.05, 0) is 18.7 Å². The molecule has 3 rings (SSSR count). The van der Waals surface area contributed by atoms with Crippen LogP contribution in [0.15, 0.2) is 22.9 Å². The lowest BCUT2D eigenvalue weighted by molar-refractivity contribution is -0.0334. The van der Waals surface area contributed by atoms with Crippen LogP contribution in [0.25, 0.3) is 11.5 Å². The molecule has 1 aliphatic heterocycles. The Labute approximate surface area is 122 Å². The molecule has 2 aromatic rings. The highest BCUT2D eigenvalue weighted by molar-refractivity contribution is 5.54. The molecule has 0 radical (unpaired) electrons. The van der Waals surface area contributed by atoms with Crippen LogP contribution in [-0.2, 0) is 4.74 Å². The number of rotatable bonds is 3. The molecule has 0 aromatic carbocycles. The molecule has 1 unspecified atom stereocenters. The van der Waals surface area contributed by atoms with E-state index < -0.39 is 0 Å². The third-order valence-electron chi connectivity index (χ3n) is 3.45. The Morgan fingerprint density at radius 2 is 2.43 bits per heavy atom. The van der Waals surface area contributed by atoms with Crippen molar-refractivity contribution in [3.8, 4) is 17.5 Å². The smallest absolute Gasteiger partial charge is 0.258 e. The zero-order valence-electron chi connectivity index (χ0n) is 11.7. The second-order valence-electron chi connectivity index (χ2n) is 4.75. The van der Waals surface area contributed by atoms with Gasteiger partial charge in [-0.15, -0.1) is 0 Å². The van der Waals surface area contributed by atoms with Gasteiger partial charge in [-0.2, -0.15) is 10.2 Å². The molecule has 1 fully saturated rings. The predicted molar refractivity (Wildman–Crippen MR) is 73.1 cm³/mol. The summed E-state index contributed by atoms with van der Waals surface area (Å²) in [5.74, 6) is 0.916. The van der Waals surface area contributed by atoms with Gasteiger partial charge < -0.3 is 9.26 Å². The zero-order chi connectivity index (χ0) is 14.7. The number of hydrogen-bond donors (Lipinski definition) is 0. The maximum atomic E-state index is 8.87. The molecule has 0 bridgehead atoms. The molecule has 0 amide bonds. The van der Waals surface area contributed by atoms with Gasteiger partial charge in [0.2, 0.25) is 5.82 Å². The van der Waals surface area contributed by atoms with E-state index in [1.165, 1.54) is 0 Å². The number of hydrogen-bond acceptors (Lipinski definition) is 7. The molecule has 1 atom stereocenters. The van der Waals surface area contributed by atoms with Crippen molar-refractivity contribution in [3.05, 3.63) is 29.8 Å². The predicted octanol–water partition coefficient (Wildman–Crippen LogP) is 1.40. The third-order valence-corrected chi connectivity index (χ3v) is 3.45. The average Bonchev–Trinajstić information content (AvgIpc) is 3.05. The summed E-state index contributed by atoms with van der Waals surface area (Å²) in [6.07, 6.45) is 1.38. The molecule has 21 heavy (non-hydrogen) atoms. The number of morpholine rings is 1. The highest BCUT2D eigenvalue weighted by Gasteiger charge is 2.25. The Morgan fingerprint density at radius 3 is 3.24 bits per heavy atom. The van der Waals surface area contributed by atoms with E-state index in [2.05, 4.69) is 26.9 Å². The zero-order valence-corrected chi connectivity index (χ0v) is 11.7. The fourth-order valence-electron chi connectivity index (χ4n) is 2.25. The van der Waals surface area contributed by atoms with Gasteiger partial charge in [0, 0.05) is 24.8 Å². The van der Waals surface area contributed by atoms with Gasteiger partial charge in [0.25, 0.3) is 5.89 Å². The van der Waals surface area contributed by atoms with E-state index in [1.807, 2.05) is 6.07 Å². The number of ether oxygens (including phenoxy) is 1. The lowest BCUT2D eigenvalue weighted by atomic mass is 10.2. The molecular weight excluding hydrogens is 270 g/mol. The third kappa shape index (κ3) is 2.91. The Morgan fingerprint density at radius 1 is 1.52 bits per heavy atom. The van der Waals surface area contributed by atoms with Gasteiger partial charge in [-0.3, -0.25) is 4.90 Å². The second-order valence-corrected chi connectivity index (χ2v) is 4.75. The first-order valence-corrected chi connectivity index (χ1v) is 6.84. The highest BCUT2D eigenvalue weighted by Crippen LogP contribution is 2.23. The fourth-order valence-corrected chi connectivity index (χ4v) is 2.25. The number of likely N-dealkylation sites (N-methyl/N-ethyl adjacent to an activating group) is 1. The largest absolute Gasteiger partial charge is 0.367 e. The van der Waals surface area contributed by atoms with Gasteiger partial charge in [-0.1, -0.05) is 12.1 Å². The van der Waals surface area contributed by atoms with Crippen LogP contribution >= 0.6 is 0 Å². The number of nitrogens with zero attached hydrogens (tertiary/aromatic N) is 5. The van der Waals surface area contributed by atoms with E-state index in [4.69, 9.17) is 14.5 Å². The minimum Gasteiger partial charge on any atom is -0.367 e. The van der Waals surface area contributed by atoms with Crippen LogP contribution < -0.4 is 0 Å². The molecule has 0 saturated carbocycles. The van der Waals surface area contributed by atoms with E-state index in [9.17, 15) is 0 Å². The monoisotopic (exact) mass is 285 g/mol. The minimum absolute atomic E-state index is 0.173. The second kappa shape index (κ2) is 5.99. The van der Waals surface area contributed by atoms with Crippen molar-refractivity contribution in [2.24, 2.45) is 0 Å². The molecule has 0 spiro atoms. The molecule has 108 valence electrons. The van der Waals surface area contributed by atoms with Crippen molar-refractivity contribution in [1.29, 1.82) is 5.26 Å². The molecular formula is C14H15N5O2. The first-order valence-electron chi connectivity index (χ1n) is 6.84. The van der Waals surface area contributed by atoms with Crippen molar-refractivity contribution in [3.63, 3.8) is 0 Å². The summed E-state index contributed by atoms with van der Waals surface area (Å²) in [6, 6.07) is 5.35. The molecule has 1 aliphatic rings. The fraction of sp³-hybridized carbons (Fsp3) is 0.429. The maximum Gasteiger partial charge on any atom is 0.258 e. The van der Waals surface area contributed by atoms with E-state index in [-0.39, 0.29) is 6.10 Å². The lowest BCUT2D eigenvalue weighted by Gasteiger charge is -2.30. The standard InChI is InChI=1S/C14H15N5O2/c1-2-19-5-6-20-12(9-19)13-17-14(21-18-13)10-3-4-16-11(7-10)8-15/h3-4,7,12H,2,5-6,9H2,1H3. The van der Waals surface area contributed by atoms with Gasteiger partial charge in [-0.25, -0.2) is 4.98 Å². The molecule has 3 heterocycles. The number of nitriles is 1. The van der Waals surface area contributed by atoms with Gasteiger partial charge in [0.1, 0.15) is 17.9 Å². The Balaban J connectivity index is 1.81. The van der Waals surface area contributed by atoms with E-state index >= 15 is 0 Å². The lowest BCUT2D eigenvalue weighted by Crippen LogP contribution is -2.38. The van der Waals surface area contributed by atoms with E-state index in [1.54, 1.807) is 18.3 Å². The van der Waals surface area contributed by atoms with E-state index in [0.29, 0.717) is 29.6 Å². The summed E-state index contributed by atoms with van der Waals surface area (Å²) < 4.78 is 11.0. The van der Waals surface area contributed by atoms with Gasteiger partial charge >= 0.3 is 0 Å². The van der Waals surface area contributed by atoms with Crippen LogP contribution in [0.2, 0.25) is 0 Å². The van der Waals surface area contributed by atoms with Gasteiger partial charge in [0.05, 0.1) is 6.61 Å². The Bertz CT molecular complexity index is 663. The van der Waals surface area contributed by atoms with E-state index in [0.717, 1.165) is 19.6 Å². The Hall–Kier alpha value is -2.30. The van der Waals surface area contributed by atoms with Crippen LogP contribution in [0.3, 0.4) is 0 Å². The van der Waals surface area contributed by atoms with Crippen LogP contribution in [-0.4, -0.2) is 46.3 Å². The van der Waals surface area contributed by atoms with Crippen molar-refractivity contribution >= 4 is 0 Å². The molecule has 7 nitrogen and oxygen atoms in total. The van der Waals surface area contributed by atoms with Crippen molar-refractivity contribution in [2.45, 2.75) is 13.0 Å². The first-order chi connectivity index (χ1) is 10.3. The Kier molecular flexibility index (Phi) is 3.90. The molecule has 0 N–H and O–H groups in total. The van der Waals surface area contributed by atoms with Crippen LogP contribution in [0.5, 0.6) is 0 Å². The summed E-state index contributed by atoms with van der Waals surface area (Å²) in [5, 5.41) is 12.9. The average molecular weight is 285 g/mol. The summed E-state index contributed by atoms with van der Waals surface area (Å²) in [7, 11) is 0. The number of aromatic nitrogens is 3. The molecule has 1 saturated heterocycles. The summed E-state index contributed by atoms with van der Waals surface area (Å²) in [4.78, 5) is 10.6. The van der Waals surface area contributed by atoms with Crippen molar-refractivity contribution < 1.29 is 9.26 Å². The van der Waals surface area contributed by atoms with Crippen molar-refractivity contribution in [2.75, 3.05) is 26.2 Å².